The summed E-state index contributed by atoms with van der Waals surface area (Å²) in [5.74, 6) is 3.16. The molecule has 0 unspecified atom stereocenters. The lowest BCUT2D eigenvalue weighted by Gasteiger charge is -2.27. The van der Waals surface area contributed by atoms with E-state index in [1.54, 1.807) is 0 Å². The smallest absolute Gasteiger partial charge is 0.0577 e. The maximum Gasteiger partial charge on any atom is 0.0577 e. The van der Waals surface area contributed by atoms with Gasteiger partial charge in [0.25, 0.3) is 0 Å². The minimum atomic E-state index is 0.0315. The lowest BCUT2D eigenvalue weighted by Crippen LogP contribution is -2.27. The van der Waals surface area contributed by atoms with E-state index in [4.69, 9.17) is 0 Å². The molecule has 0 aliphatic heterocycles. The topological polar surface area (TPSA) is 20.2 Å². The Morgan fingerprint density at radius 3 is 3.00 bits per heavy atom. The highest BCUT2D eigenvalue weighted by atomic mass is 16.3. The van der Waals surface area contributed by atoms with Gasteiger partial charge in [0.15, 0.2) is 0 Å². The van der Waals surface area contributed by atoms with E-state index in [2.05, 4.69) is 12.2 Å². The Kier molecular flexibility index (Phi) is 1.07. The second-order valence-electron chi connectivity index (χ2n) is 4.37. The van der Waals surface area contributed by atoms with Crippen molar-refractivity contribution in [1.29, 1.82) is 0 Å². The monoisotopic (exact) mass is 150 g/mol. The average Bonchev–Trinajstić information content (AvgIpc) is 2.52. The molecule has 11 heavy (non-hydrogen) atoms. The molecule has 0 aromatic rings. The predicted octanol–water partition coefficient (Wildman–Crippen LogP) is 1.58. The van der Waals surface area contributed by atoms with E-state index in [-0.39, 0.29) is 6.10 Å². The van der Waals surface area contributed by atoms with Gasteiger partial charge in [-0.3, -0.25) is 0 Å². The number of rotatable bonds is 0. The van der Waals surface area contributed by atoms with Crippen molar-refractivity contribution in [3.8, 4) is 0 Å². The molecule has 0 heterocycles. The number of allylic oxidation sites excluding steroid dienone is 2. The molecule has 1 N–H and O–H groups in total. The maximum atomic E-state index is 9.63. The van der Waals surface area contributed by atoms with Gasteiger partial charge in [-0.1, -0.05) is 12.2 Å². The summed E-state index contributed by atoms with van der Waals surface area (Å²) in [6, 6.07) is 0. The van der Waals surface area contributed by atoms with E-state index in [1.807, 2.05) is 0 Å². The first kappa shape index (κ1) is 6.24. The SMILES string of the molecule is O[C@@H]1C[C@H]2C[C@@H]1[C@H]1C=CC[C@@H]21. The minimum absolute atomic E-state index is 0.0315. The molecule has 0 spiro atoms. The molecule has 3 aliphatic rings. The highest BCUT2D eigenvalue weighted by Gasteiger charge is 2.51. The van der Waals surface area contributed by atoms with Crippen LogP contribution in [0.2, 0.25) is 0 Å². The van der Waals surface area contributed by atoms with Gasteiger partial charge < -0.3 is 5.11 Å². The lowest BCUT2D eigenvalue weighted by molar-refractivity contribution is 0.0746. The number of aliphatic hydroxyl groups excluding tert-OH is 1. The summed E-state index contributed by atoms with van der Waals surface area (Å²) in [7, 11) is 0. The Hall–Kier alpha value is -0.300. The third kappa shape index (κ3) is 0.652. The summed E-state index contributed by atoms with van der Waals surface area (Å²) >= 11 is 0. The lowest BCUT2D eigenvalue weighted by atomic mass is 9.80. The summed E-state index contributed by atoms with van der Waals surface area (Å²) in [5.41, 5.74) is 0. The second-order valence-corrected chi connectivity index (χ2v) is 4.37. The standard InChI is InChI=1S/C10H14O/c11-10-5-6-4-9(10)8-3-1-2-7(6)8/h1,3,6-11H,2,4-5H2/t6-,7+,8+,9-,10-/m1/s1. The maximum absolute atomic E-state index is 9.63. The van der Waals surface area contributed by atoms with Crippen LogP contribution >= 0.6 is 0 Å². The van der Waals surface area contributed by atoms with Gasteiger partial charge in [-0.25, -0.2) is 0 Å². The third-order valence-electron chi connectivity index (χ3n) is 3.97. The quantitative estimate of drug-likeness (QED) is 0.520. The summed E-state index contributed by atoms with van der Waals surface area (Å²) < 4.78 is 0. The van der Waals surface area contributed by atoms with E-state index in [0.29, 0.717) is 5.92 Å². The Labute approximate surface area is 67.1 Å². The van der Waals surface area contributed by atoms with Gasteiger partial charge >= 0.3 is 0 Å². The van der Waals surface area contributed by atoms with Gasteiger partial charge in [0.2, 0.25) is 0 Å². The van der Waals surface area contributed by atoms with E-state index in [9.17, 15) is 5.11 Å². The number of fused-ring (bicyclic) bond motifs is 5. The van der Waals surface area contributed by atoms with Crippen LogP contribution in [0.4, 0.5) is 0 Å². The minimum Gasteiger partial charge on any atom is -0.393 e. The highest BCUT2D eigenvalue weighted by Crippen LogP contribution is 2.56. The van der Waals surface area contributed by atoms with Crippen molar-refractivity contribution in [2.75, 3.05) is 0 Å². The first-order chi connectivity index (χ1) is 5.36. The Bertz CT molecular complexity index is 209. The highest BCUT2D eigenvalue weighted by molar-refractivity contribution is 5.14. The van der Waals surface area contributed by atoms with Gasteiger partial charge in [-0.15, -0.1) is 0 Å². The fraction of sp³-hybridized carbons (Fsp3) is 0.800. The van der Waals surface area contributed by atoms with E-state index >= 15 is 0 Å². The largest absolute Gasteiger partial charge is 0.393 e. The van der Waals surface area contributed by atoms with E-state index in [1.165, 1.54) is 12.8 Å². The molecule has 0 radical (unpaired) electrons. The van der Waals surface area contributed by atoms with Crippen molar-refractivity contribution in [3.05, 3.63) is 12.2 Å². The van der Waals surface area contributed by atoms with Crippen LogP contribution in [-0.2, 0) is 0 Å². The van der Waals surface area contributed by atoms with Crippen molar-refractivity contribution >= 4 is 0 Å². The van der Waals surface area contributed by atoms with Crippen molar-refractivity contribution < 1.29 is 5.11 Å². The second kappa shape index (κ2) is 1.89. The van der Waals surface area contributed by atoms with Crippen LogP contribution in [0.5, 0.6) is 0 Å². The third-order valence-corrected chi connectivity index (χ3v) is 3.97. The molecule has 0 aromatic heterocycles. The molecule has 3 rings (SSSR count). The van der Waals surface area contributed by atoms with Gasteiger partial charge in [-0.05, 0) is 42.9 Å². The van der Waals surface area contributed by atoms with Crippen LogP contribution < -0.4 is 0 Å². The molecule has 60 valence electrons. The normalized spacial score (nSPS) is 58.8. The molecular weight excluding hydrogens is 136 g/mol. The summed E-state index contributed by atoms with van der Waals surface area (Å²) in [4.78, 5) is 0. The zero-order valence-electron chi connectivity index (χ0n) is 6.61. The van der Waals surface area contributed by atoms with Crippen molar-refractivity contribution in [2.24, 2.45) is 23.7 Å². The van der Waals surface area contributed by atoms with Crippen molar-refractivity contribution in [3.63, 3.8) is 0 Å². The van der Waals surface area contributed by atoms with Gasteiger partial charge in [0, 0.05) is 0 Å². The molecule has 2 saturated carbocycles. The van der Waals surface area contributed by atoms with Crippen LogP contribution in [0.3, 0.4) is 0 Å². The number of hydrogen-bond acceptors (Lipinski definition) is 1. The average molecular weight is 150 g/mol. The molecule has 0 saturated heterocycles. The molecule has 0 amide bonds. The number of aliphatic hydroxyl groups is 1. The van der Waals surface area contributed by atoms with Gasteiger partial charge in [0.1, 0.15) is 0 Å². The van der Waals surface area contributed by atoms with Crippen LogP contribution in [0, 0.1) is 23.7 Å². The van der Waals surface area contributed by atoms with Crippen molar-refractivity contribution in [2.45, 2.75) is 25.4 Å². The van der Waals surface area contributed by atoms with Crippen molar-refractivity contribution in [1.82, 2.24) is 0 Å². The fourth-order valence-electron chi connectivity index (χ4n) is 3.51. The summed E-state index contributed by atoms with van der Waals surface area (Å²) in [6.07, 6.45) is 8.38. The molecule has 1 heteroatoms. The fourth-order valence-corrected chi connectivity index (χ4v) is 3.51. The van der Waals surface area contributed by atoms with Crippen LogP contribution in [0.15, 0.2) is 12.2 Å². The summed E-state index contributed by atoms with van der Waals surface area (Å²) in [6.45, 7) is 0. The molecule has 0 aromatic carbocycles. The first-order valence-electron chi connectivity index (χ1n) is 4.71. The molecule has 1 nitrogen and oxygen atoms in total. The Balaban J connectivity index is 1.94. The van der Waals surface area contributed by atoms with Crippen LogP contribution in [-0.4, -0.2) is 11.2 Å². The zero-order chi connectivity index (χ0) is 7.42. The predicted molar refractivity (Wildman–Crippen MR) is 43.0 cm³/mol. The van der Waals surface area contributed by atoms with Crippen LogP contribution in [0.25, 0.3) is 0 Å². The molecular formula is C10H14O. The van der Waals surface area contributed by atoms with Gasteiger partial charge in [0.05, 0.1) is 6.10 Å². The van der Waals surface area contributed by atoms with Crippen LogP contribution in [0.1, 0.15) is 19.3 Å². The molecule has 2 bridgehead atoms. The van der Waals surface area contributed by atoms with E-state index < -0.39 is 0 Å². The molecule has 2 fully saturated rings. The van der Waals surface area contributed by atoms with Gasteiger partial charge in [-0.2, -0.15) is 0 Å². The Morgan fingerprint density at radius 1 is 1.18 bits per heavy atom. The molecule has 5 atom stereocenters. The first-order valence-corrected chi connectivity index (χ1v) is 4.71. The zero-order valence-corrected chi connectivity index (χ0v) is 6.61. The van der Waals surface area contributed by atoms with E-state index in [0.717, 1.165) is 24.2 Å². The molecule has 3 aliphatic carbocycles. The Morgan fingerprint density at radius 2 is 2.09 bits per heavy atom. The number of hydrogen-bond donors (Lipinski definition) is 1. The summed E-state index contributed by atoms with van der Waals surface area (Å²) in [5, 5.41) is 9.63.